The highest BCUT2D eigenvalue weighted by atomic mass is 79.9. The highest BCUT2D eigenvalue weighted by Crippen LogP contribution is 2.37. The van der Waals surface area contributed by atoms with E-state index >= 15 is 0 Å². The van der Waals surface area contributed by atoms with Crippen LogP contribution in [0.15, 0.2) is 45.3 Å². The van der Waals surface area contributed by atoms with Crippen LogP contribution >= 0.6 is 15.9 Å². The molecule has 0 aliphatic heterocycles. The van der Waals surface area contributed by atoms with Gasteiger partial charge in [-0.15, -0.1) is 0 Å². The maximum atomic E-state index is 5.56. The average molecular weight is 320 g/mol. The van der Waals surface area contributed by atoms with Crippen molar-refractivity contribution in [2.24, 2.45) is 0 Å². The molecule has 0 spiro atoms. The summed E-state index contributed by atoms with van der Waals surface area (Å²) in [7, 11) is 0. The lowest BCUT2D eigenvalue weighted by Crippen LogP contribution is -2.39. The molecule has 2 aromatic rings. The first kappa shape index (κ1) is 12.9. The Kier molecular flexibility index (Phi) is 3.76. The van der Waals surface area contributed by atoms with Gasteiger partial charge in [0.05, 0.1) is 6.54 Å². The van der Waals surface area contributed by atoms with E-state index in [9.17, 15) is 0 Å². The molecule has 1 saturated carbocycles. The van der Waals surface area contributed by atoms with E-state index in [0.29, 0.717) is 12.0 Å². The van der Waals surface area contributed by atoms with E-state index in [-0.39, 0.29) is 0 Å². The minimum Gasteiger partial charge on any atom is -0.465 e. The van der Waals surface area contributed by atoms with Gasteiger partial charge in [-0.05, 0) is 55.5 Å². The molecule has 1 aliphatic rings. The van der Waals surface area contributed by atoms with Gasteiger partial charge in [0.1, 0.15) is 11.5 Å². The van der Waals surface area contributed by atoms with Gasteiger partial charge in [-0.3, -0.25) is 0 Å². The highest BCUT2D eigenvalue weighted by Gasteiger charge is 2.29. The highest BCUT2D eigenvalue weighted by molar-refractivity contribution is 9.10. The number of halogens is 1. The second-order valence-corrected chi connectivity index (χ2v) is 6.23. The molecule has 0 unspecified atom stereocenters. The minimum atomic E-state index is 0.624. The lowest BCUT2D eigenvalue weighted by Gasteiger charge is -2.36. The Morgan fingerprint density at radius 2 is 1.89 bits per heavy atom. The summed E-state index contributed by atoms with van der Waals surface area (Å²) in [5, 5.41) is 3.56. The molecule has 1 aliphatic carbocycles. The van der Waals surface area contributed by atoms with E-state index < -0.39 is 0 Å². The molecule has 1 fully saturated rings. The number of hydrogen-bond donors (Lipinski definition) is 1. The number of benzene rings is 1. The Morgan fingerprint density at radius 1 is 1.16 bits per heavy atom. The zero-order valence-corrected chi connectivity index (χ0v) is 12.6. The van der Waals surface area contributed by atoms with E-state index in [1.54, 1.807) is 0 Å². The summed E-state index contributed by atoms with van der Waals surface area (Å²) in [4.78, 5) is 0. The molecular weight excluding hydrogens is 302 g/mol. The van der Waals surface area contributed by atoms with Crippen molar-refractivity contribution in [1.29, 1.82) is 0 Å². The van der Waals surface area contributed by atoms with Crippen molar-refractivity contribution in [2.45, 2.75) is 38.3 Å². The predicted molar refractivity (Wildman–Crippen MR) is 80.2 cm³/mol. The molecule has 1 heterocycles. The molecule has 0 amide bonds. The summed E-state index contributed by atoms with van der Waals surface area (Å²) < 4.78 is 6.71. The van der Waals surface area contributed by atoms with Crippen LogP contribution in [0.1, 0.15) is 35.8 Å². The topological polar surface area (TPSA) is 25.2 Å². The first-order chi connectivity index (χ1) is 9.20. The third kappa shape index (κ3) is 3.10. The predicted octanol–water partition coefficient (Wildman–Crippen LogP) is 4.39. The number of aryl methyl sites for hydroxylation is 1. The molecule has 3 heteroatoms. The summed E-state index contributed by atoms with van der Waals surface area (Å²) in [6.07, 6.45) is 2.45. The van der Waals surface area contributed by atoms with Gasteiger partial charge in [0.25, 0.3) is 0 Å². The monoisotopic (exact) mass is 319 g/mol. The fraction of sp³-hybridized carbons (Fsp3) is 0.375. The minimum absolute atomic E-state index is 0.624. The number of rotatable bonds is 4. The van der Waals surface area contributed by atoms with Gasteiger partial charge < -0.3 is 9.73 Å². The first-order valence-corrected chi connectivity index (χ1v) is 7.54. The van der Waals surface area contributed by atoms with Crippen LogP contribution < -0.4 is 5.32 Å². The van der Waals surface area contributed by atoms with Crippen LogP contribution in [0.5, 0.6) is 0 Å². The van der Waals surface area contributed by atoms with Crippen LogP contribution in [0.3, 0.4) is 0 Å². The summed E-state index contributed by atoms with van der Waals surface area (Å²) >= 11 is 3.48. The van der Waals surface area contributed by atoms with E-state index in [2.05, 4.69) is 45.5 Å². The second kappa shape index (κ2) is 5.51. The lowest BCUT2D eigenvalue weighted by atomic mass is 9.76. The number of nitrogens with one attached hydrogen (secondary N) is 1. The van der Waals surface area contributed by atoms with Crippen molar-refractivity contribution in [3.05, 3.63) is 58.0 Å². The van der Waals surface area contributed by atoms with E-state index in [0.717, 1.165) is 22.5 Å². The average Bonchev–Trinajstić information content (AvgIpc) is 2.75. The van der Waals surface area contributed by atoms with Gasteiger partial charge in [0.2, 0.25) is 0 Å². The molecule has 2 nitrogen and oxygen atoms in total. The Morgan fingerprint density at radius 3 is 2.53 bits per heavy atom. The van der Waals surface area contributed by atoms with Crippen LogP contribution in [0.2, 0.25) is 0 Å². The van der Waals surface area contributed by atoms with Gasteiger partial charge in [-0.1, -0.05) is 28.1 Å². The largest absolute Gasteiger partial charge is 0.465 e. The van der Waals surface area contributed by atoms with Gasteiger partial charge in [-0.2, -0.15) is 0 Å². The van der Waals surface area contributed by atoms with E-state index in [1.807, 2.05) is 19.1 Å². The smallest absolute Gasteiger partial charge is 0.117 e. The Balaban J connectivity index is 1.46. The molecule has 1 aromatic carbocycles. The van der Waals surface area contributed by atoms with Crippen molar-refractivity contribution < 1.29 is 4.42 Å². The van der Waals surface area contributed by atoms with Gasteiger partial charge in [0.15, 0.2) is 0 Å². The van der Waals surface area contributed by atoms with Crippen LogP contribution in [0.4, 0.5) is 0 Å². The van der Waals surface area contributed by atoms with Crippen molar-refractivity contribution in [1.82, 2.24) is 5.32 Å². The molecule has 0 atom stereocenters. The van der Waals surface area contributed by atoms with Gasteiger partial charge in [-0.25, -0.2) is 0 Å². The molecule has 1 aromatic heterocycles. The Bertz CT molecular complexity index is 540. The maximum absolute atomic E-state index is 5.56. The van der Waals surface area contributed by atoms with Gasteiger partial charge >= 0.3 is 0 Å². The van der Waals surface area contributed by atoms with Crippen LogP contribution in [-0.4, -0.2) is 6.04 Å². The summed E-state index contributed by atoms with van der Waals surface area (Å²) in [5.41, 5.74) is 1.45. The SMILES string of the molecule is Cc1ccc(CNC2CC(c3ccc(Br)cc3)C2)o1. The quantitative estimate of drug-likeness (QED) is 0.904. The molecule has 0 radical (unpaired) electrons. The summed E-state index contributed by atoms with van der Waals surface area (Å²) in [6, 6.07) is 13.4. The van der Waals surface area contributed by atoms with Crippen molar-refractivity contribution in [3.63, 3.8) is 0 Å². The molecule has 1 N–H and O–H groups in total. The molecule has 100 valence electrons. The zero-order chi connectivity index (χ0) is 13.2. The normalized spacial score (nSPS) is 22.2. The van der Waals surface area contributed by atoms with Crippen LogP contribution in [-0.2, 0) is 6.54 Å². The fourth-order valence-corrected chi connectivity index (χ4v) is 2.88. The summed E-state index contributed by atoms with van der Waals surface area (Å²) in [6.45, 7) is 2.82. The fourth-order valence-electron chi connectivity index (χ4n) is 2.62. The molecule has 0 saturated heterocycles. The molecule has 0 bridgehead atoms. The molecule has 3 rings (SSSR count). The van der Waals surface area contributed by atoms with Crippen LogP contribution in [0, 0.1) is 6.92 Å². The van der Waals surface area contributed by atoms with Crippen molar-refractivity contribution in [3.8, 4) is 0 Å². The third-order valence-corrected chi connectivity index (χ3v) is 4.37. The van der Waals surface area contributed by atoms with Gasteiger partial charge in [0, 0.05) is 10.5 Å². The van der Waals surface area contributed by atoms with E-state index in [1.165, 1.54) is 18.4 Å². The van der Waals surface area contributed by atoms with Crippen molar-refractivity contribution >= 4 is 15.9 Å². The van der Waals surface area contributed by atoms with Crippen molar-refractivity contribution in [2.75, 3.05) is 0 Å². The lowest BCUT2D eigenvalue weighted by molar-refractivity contribution is 0.281. The Hall–Kier alpha value is -1.06. The third-order valence-electron chi connectivity index (χ3n) is 3.84. The molecular formula is C16H18BrNO. The second-order valence-electron chi connectivity index (χ2n) is 5.31. The van der Waals surface area contributed by atoms with E-state index in [4.69, 9.17) is 4.42 Å². The summed E-state index contributed by atoms with van der Waals surface area (Å²) in [5.74, 6) is 2.73. The first-order valence-electron chi connectivity index (χ1n) is 6.75. The maximum Gasteiger partial charge on any atom is 0.117 e. The zero-order valence-electron chi connectivity index (χ0n) is 11.0. The number of furan rings is 1. The Labute approximate surface area is 122 Å². The molecule has 19 heavy (non-hydrogen) atoms. The number of hydrogen-bond acceptors (Lipinski definition) is 2. The van der Waals surface area contributed by atoms with Crippen LogP contribution in [0.25, 0.3) is 0 Å². The standard InChI is InChI=1S/C16H18BrNO/c1-11-2-7-16(19-11)10-18-15-8-13(9-15)12-3-5-14(17)6-4-12/h2-7,13,15,18H,8-10H2,1H3.